The number of carbonyl (C=O) groups excluding carboxylic acids is 2. The number of aryl methyl sites for hydroxylation is 1. The molecule has 0 fully saturated rings. The third-order valence-electron chi connectivity index (χ3n) is 7.32. The fraction of sp³-hybridized carbons (Fsp3) is 0.414. The maximum Gasteiger partial charge on any atom is 0.323 e. The topological polar surface area (TPSA) is 155 Å². The van der Waals surface area contributed by atoms with Crippen molar-refractivity contribution >= 4 is 33.3 Å². The standard InChI is InChI=1S/C29H38N6O7S/c1-19-14-35(20(2)17-36)28(37)13-21-12-23(32-29(38)31-22-6-9-24(41-5)10-7-22)8-11-25(21)42-26(19)15-34(4)43(39,40)27-16-33(3)18-30-27/h6-12,16,18-20,26,36H,13-15,17H2,1-5H3,(H2,31,32,38)/t19-,20+,26-/m0/s1. The number of fused-ring (bicyclic) bond motifs is 1. The molecule has 43 heavy (non-hydrogen) atoms. The molecule has 3 amide bonds. The number of aliphatic hydroxyl groups is 1. The van der Waals surface area contributed by atoms with Crippen molar-refractivity contribution in [3.8, 4) is 11.5 Å². The first-order chi connectivity index (χ1) is 20.4. The Bertz CT molecular complexity index is 1540. The van der Waals surface area contributed by atoms with Crippen LogP contribution in [0.5, 0.6) is 11.5 Å². The van der Waals surface area contributed by atoms with Crippen LogP contribution >= 0.6 is 0 Å². The number of nitrogens with zero attached hydrogens (tertiary/aromatic N) is 4. The van der Waals surface area contributed by atoms with Gasteiger partial charge in [-0.05, 0) is 49.4 Å². The monoisotopic (exact) mass is 614 g/mol. The summed E-state index contributed by atoms with van der Waals surface area (Å²) in [6.07, 6.45) is 2.14. The van der Waals surface area contributed by atoms with Crippen LogP contribution in [0.2, 0.25) is 0 Å². The van der Waals surface area contributed by atoms with E-state index < -0.39 is 28.2 Å². The molecular formula is C29H38N6O7S. The molecule has 0 unspecified atom stereocenters. The number of methoxy groups -OCH3 is 1. The SMILES string of the molecule is COc1ccc(NC(=O)Nc2ccc3c(c2)CC(=O)N([C@H](C)CO)C[C@H](C)[C@H](CN(C)S(=O)(=O)c2cn(C)cn2)O3)cc1. The number of imidazole rings is 1. The number of nitrogens with one attached hydrogen (secondary N) is 2. The minimum Gasteiger partial charge on any atom is -0.497 e. The number of ether oxygens (including phenoxy) is 2. The summed E-state index contributed by atoms with van der Waals surface area (Å²) in [6, 6.07) is 10.9. The second-order valence-electron chi connectivity index (χ2n) is 10.7. The van der Waals surface area contributed by atoms with Crippen molar-refractivity contribution in [2.75, 3.05) is 44.5 Å². The highest BCUT2D eigenvalue weighted by Crippen LogP contribution is 2.30. The number of aliphatic hydroxyl groups excluding tert-OH is 1. The molecule has 0 bridgehead atoms. The van der Waals surface area contributed by atoms with E-state index in [4.69, 9.17) is 9.47 Å². The number of hydrogen-bond acceptors (Lipinski definition) is 8. The normalized spacial score (nSPS) is 18.1. The number of rotatable bonds is 9. The van der Waals surface area contributed by atoms with E-state index in [1.807, 2.05) is 6.92 Å². The van der Waals surface area contributed by atoms with Crippen molar-refractivity contribution in [1.82, 2.24) is 18.8 Å². The van der Waals surface area contributed by atoms with Gasteiger partial charge in [0.2, 0.25) is 5.91 Å². The van der Waals surface area contributed by atoms with Gasteiger partial charge in [-0.25, -0.2) is 18.2 Å². The fourth-order valence-corrected chi connectivity index (χ4v) is 5.87. The van der Waals surface area contributed by atoms with Crippen molar-refractivity contribution in [3.63, 3.8) is 0 Å². The summed E-state index contributed by atoms with van der Waals surface area (Å²) in [5, 5.41) is 15.3. The number of amides is 3. The maximum absolute atomic E-state index is 13.5. The summed E-state index contributed by atoms with van der Waals surface area (Å²) in [5.41, 5.74) is 1.51. The zero-order valence-corrected chi connectivity index (χ0v) is 25.7. The number of benzene rings is 2. The van der Waals surface area contributed by atoms with Gasteiger partial charge in [-0.2, -0.15) is 4.31 Å². The van der Waals surface area contributed by atoms with Gasteiger partial charge in [0.1, 0.15) is 17.6 Å². The molecule has 4 rings (SSSR count). The first kappa shape index (κ1) is 31.8. The molecule has 0 radical (unpaired) electrons. The van der Waals surface area contributed by atoms with Gasteiger partial charge in [0.25, 0.3) is 10.0 Å². The molecule has 0 aliphatic carbocycles. The number of sulfonamides is 1. The van der Waals surface area contributed by atoms with Crippen molar-refractivity contribution in [1.29, 1.82) is 0 Å². The minimum absolute atomic E-state index is 0.0146. The zero-order valence-electron chi connectivity index (χ0n) is 24.9. The third kappa shape index (κ3) is 7.63. The fourth-order valence-electron chi connectivity index (χ4n) is 4.73. The van der Waals surface area contributed by atoms with Crippen LogP contribution in [0, 0.1) is 5.92 Å². The Kier molecular flexibility index (Phi) is 9.94. The lowest BCUT2D eigenvalue weighted by molar-refractivity contribution is -0.134. The highest BCUT2D eigenvalue weighted by Gasteiger charge is 2.34. The molecule has 0 saturated carbocycles. The van der Waals surface area contributed by atoms with Crippen molar-refractivity contribution in [3.05, 3.63) is 60.6 Å². The van der Waals surface area contributed by atoms with Gasteiger partial charge in [-0.3, -0.25) is 4.79 Å². The van der Waals surface area contributed by atoms with Crippen molar-refractivity contribution in [2.45, 2.75) is 37.4 Å². The molecule has 3 N–H and O–H groups in total. The van der Waals surface area contributed by atoms with Crippen LogP contribution in [0.25, 0.3) is 0 Å². The highest BCUT2D eigenvalue weighted by molar-refractivity contribution is 7.89. The minimum atomic E-state index is -3.90. The average Bonchev–Trinajstić information content (AvgIpc) is 3.44. The van der Waals surface area contributed by atoms with E-state index in [2.05, 4.69) is 15.6 Å². The Morgan fingerprint density at radius 2 is 1.88 bits per heavy atom. The molecule has 1 aliphatic rings. The maximum atomic E-state index is 13.5. The van der Waals surface area contributed by atoms with E-state index in [1.165, 1.54) is 23.9 Å². The van der Waals surface area contributed by atoms with Gasteiger partial charge < -0.3 is 34.7 Å². The quantitative estimate of drug-likeness (QED) is 0.332. The van der Waals surface area contributed by atoms with Crippen LogP contribution in [0.1, 0.15) is 19.4 Å². The van der Waals surface area contributed by atoms with Crippen molar-refractivity contribution < 1.29 is 32.6 Å². The Hall–Kier alpha value is -4.14. The van der Waals surface area contributed by atoms with Gasteiger partial charge in [-0.15, -0.1) is 0 Å². The Morgan fingerprint density at radius 1 is 1.21 bits per heavy atom. The average molecular weight is 615 g/mol. The van der Waals surface area contributed by atoms with Gasteiger partial charge in [0.15, 0.2) is 5.03 Å². The van der Waals surface area contributed by atoms with Crippen LogP contribution in [-0.2, 0) is 28.3 Å². The number of anilines is 2. The predicted octanol–water partition coefficient (Wildman–Crippen LogP) is 2.54. The van der Waals surface area contributed by atoms with E-state index in [-0.39, 0.29) is 43.0 Å². The summed E-state index contributed by atoms with van der Waals surface area (Å²) >= 11 is 0. The highest BCUT2D eigenvalue weighted by atomic mass is 32.2. The molecule has 2 heterocycles. The number of carbonyl (C=O) groups is 2. The lowest BCUT2D eigenvalue weighted by atomic mass is 10.0. The molecule has 14 heteroatoms. The Morgan fingerprint density at radius 3 is 2.51 bits per heavy atom. The Labute approximate surface area is 251 Å². The summed E-state index contributed by atoms with van der Waals surface area (Å²) in [6.45, 7) is 3.61. The van der Waals surface area contributed by atoms with E-state index in [0.29, 0.717) is 28.4 Å². The van der Waals surface area contributed by atoms with Crippen LogP contribution < -0.4 is 20.1 Å². The lowest BCUT2D eigenvalue weighted by Gasteiger charge is -2.33. The third-order valence-corrected chi connectivity index (χ3v) is 9.02. The van der Waals surface area contributed by atoms with E-state index in [9.17, 15) is 23.1 Å². The molecular weight excluding hydrogens is 576 g/mol. The van der Waals surface area contributed by atoms with Gasteiger partial charge >= 0.3 is 6.03 Å². The van der Waals surface area contributed by atoms with E-state index in [0.717, 1.165) is 0 Å². The lowest BCUT2D eigenvalue weighted by Crippen LogP contribution is -2.48. The van der Waals surface area contributed by atoms with Crippen LogP contribution in [-0.4, -0.2) is 90.2 Å². The number of aromatic nitrogens is 2. The number of likely N-dealkylation sites (N-methyl/N-ethyl adjacent to an activating group) is 1. The first-order valence-corrected chi connectivity index (χ1v) is 15.2. The first-order valence-electron chi connectivity index (χ1n) is 13.8. The van der Waals surface area contributed by atoms with E-state index in [1.54, 1.807) is 73.0 Å². The summed E-state index contributed by atoms with van der Waals surface area (Å²) < 4.78 is 40.7. The Balaban J connectivity index is 1.59. The van der Waals surface area contributed by atoms with Gasteiger partial charge in [0.05, 0.1) is 39.1 Å². The number of urea groups is 1. The van der Waals surface area contributed by atoms with Crippen molar-refractivity contribution in [2.24, 2.45) is 13.0 Å². The van der Waals surface area contributed by atoms with Crippen LogP contribution in [0.3, 0.4) is 0 Å². The summed E-state index contributed by atoms with van der Waals surface area (Å²) in [4.78, 5) is 31.7. The molecule has 1 aromatic heterocycles. The molecule has 3 atom stereocenters. The molecule has 1 aliphatic heterocycles. The molecule has 13 nitrogen and oxygen atoms in total. The van der Waals surface area contributed by atoms with Crippen LogP contribution in [0.15, 0.2) is 60.0 Å². The molecule has 232 valence electrons. The smallest absolute Gasteiger partial charge is 0.323 e. The molecule has 0 saturated heterocycles. The van der Waals surface area contributed by atoms with Gasteiger partial charge in [0, 0.05) is 49.7 Å². The number of hydrogen-bond donors (Lipinski definition) is 3. The molecule has 2 aromatic carbocycles. The summed E-state index contributed by atoms with van der Waals surface area (Å²) in [7, 11) is 0.798. The summed E-state index contributed by atoms with van der Waals surface area (Å²) in [5.74, 6) is 0.519. The largest absolute Gasteiger partial charge is 0.497 e. The second-order valence-corrected chi connectivity index (χ2v) is 12.7. The predicted molar refractivity (Wildman–Crippen MR) is 161 cm³/mol. The molecule has 3 aromatic rings. The molecule has 0 spiro atoms. The zero-order chi connectivity index (χ0) is 31.3. The second kappa shape index (κ2) is 13.4. The van der Waals surface area contributed by atoms with Crippen LogP contribution in [0.4, 0.5) is 16.2 Å². The van der Waals surface area contributed by atoms with E-state index >= 15 is 0 Å². The van der Waals surface area contributed by atoms with Gasteiger partial charge in [-0.1, -0.05) is 6.92 Å².